The molecule has 0 saturated heterocycles. The van der Waals surface area contributed by atoms with Crippen LogP contribution in [-0.2, 0) is 12.8 Å². The van der Waals surface area contributed by atoms with E-state index in [0.29, 0.717) is 0 Å². The van der Waals surface area contributed by atoms with E-state index >= 15 is 0 Å². The Morgan fingerprint density at radius 3 is 2.87 bits per heavy atom. The number of nitrogens with zero attached hydrogens (tertiary/aromatic N) is 2. The van der Waals surface area contributed by atoms with Crippen molar-refractivity contribution in [3.63, 3.8) is 0 Å². The van der Waals surface area contributed by atoms with Crippen LogP contribution in [0.3, 0.4) is 0 Å². The van der Waals surface area contributed by atoms with Crippen molar-refractivity contribution in [1.82, 2.24) is 9.78 Å². The predicted octanol–water partition coefficient (Wildman–Crippen LogP) is 1.85. The Hall–Kier alpha value is -0.830. The summed E-state index contributed by atoms with van der Waals surface area (Å²) in [4.78, 5) is 0. The highest BCUT2D eigenvalue weighted by atomic mass is 16.3. The fraction of sp³-hybridized carbons (Fsp3) is 0.750. The van der Waals surface area contributed by atoms with E-state index in [1.54, 1.807) is 0 Å². The first-order valence-electron chi connectivity index (χ1n) is 6.09. The molecule has 0 radical (unpaired) electrons. The van der Waals surface area contributed by atoms with E-state index in [4.69, 9.17) is 0 Å². The second-order valence-electron chi connectivity index (χ2n) is 4.85. The summed E-state index contributed by atoms with van der Waals surface area (Å²) in [6, 6.07) is 0.240. The van der Waals surface area contributed by atoms with E-state index in [0.717, 1.165) is 19.3 Å². The minimum absolute atomic E-state index is 0.182. The van der Waals surface area contributed by atoms with Crippen LogP contribution in [0.1, 0.15) is 49.4 Å². The Labute approximate surface area is 90.1 Å². The van der Waals surface area contributed by atoms with Gasteiger partial charge < -0.3 is 5.11 Å². The minimum Gasteiger partial charge on any atom is -0.391 e. The fourth-order valence-corrected chi connectivity index (χ4v) is 2.90. The molecule has 0 aliphatic heterocycles. The van der Waals surface area contributed by atoms with Crippen LogP contribution in [-0.4, -0.2) is 21.0 Å². The minimum atomic E-state index is -0.182. The molecular weight excluding hydrogens is 188 g/mol. The molecule has 1 saturated carbocycles. The third-order valence-corrected chi connectivity index (χ3v) is 3.79. The number of hydrogen-bond donors (Lipinski definition) is 1. The van der Waals surface area contributed by atoms with E-state index in [2.05, 4.69) is 11.3 Å². The summed E-state index contributed by atoms with van der Waals surface area (Å²) in [6.07, 6.45) is 9.97. The number of aromatic nitrogens is 2. The Balaban J connectivity index is 1.85. The van der Waals surface area contributed by atoms with Gasteiger partial charge in [0.2, 0.25) is 0 Å². The Morgan fingerprint density at radius 1 is 1.20 bits per heavy atom. The van der Waals surface area contributed by atoms with Gasteiger partial charge in [-0.1, -0.05) is 12.8 Å². The van der Waals surface area contributed by atoms with Crippen LogP contribution in [0.5, 0.6) is 0 Å². The van der Waals surface area contributed by atoms with Crippen LogP contribution in [0.25, 0.3) is 0 Å². The van der Waals surface area contributed by atoms with E-state index in [1.165, 1.54) is 36.9 Å². The number of fused-ring (bicyclic) bond motifs is 1. The van der Waals surface area contributed by atoms with Crippen LogP contribution < -0.4 is 0 Å². The lowest BCUT2D eigenvalue weighted by Gasteiger charge is -2.27. The van der Waals surface area contributed by atoms with E-state index in [1.807, 2.05) is 4.68 Å². The maximum Gasteiger partial charge on any atom is 0.0778 e. The molecule has 3 nitrogen and oxygen atoms in total. The summed E-state index contributed by atoms with van der Waals surface area (Å²) in [5.74, 6) is 0. The maximum absolute atomic E-state index is 9.95. The maximum atomic E-state index is 9.95. The molecule has 0 bridgehead atoms. The summed E-state index contributed by atoms with van der Waals surface area (Å²) in [6.45, 7) is 0. The van der Waals surface area contributed by atoms with Gasteiger partial charge >= 0.3 is 0 Å². The topological polar surface area (TPSA) is 38.0 Å². The lowest BCUT2D eigenvalue weighted by Crippen LogP contribution is -2.28. The Bertz CT molecular complexity index is 337. The van der Waals surface area contributed by atoms with E-state index < -0.39 is 0 Å². The number of aliphatic hydroxyl groups is 1. The van der Waals surface area contributed by atoms with E-state index in [-0.39, 0.29) is 12.1 Å². The molecule has 1 fully saturated rings. The standard InChI is InChI=1S/C12H18N2O/c15-12-7-2-1-6-11(12)14-8-9-4-3-5-10(9)13-14/h8,11-12,15H,1-7H2/t11-,12-/m1/s1. The predicted molar refractivity (Wildman–Crippen MR) is 57.8 cm³/mol. The molecule has 0 spiro atoms. The van der Waals surface area contributed by atoms with Gasteiger partial charge in [0.05, 0.1) is 17.8 Å². The average Bonchev–Trinajstić information content (AvgIpc) is 2.77. The normalized spacial score (nSPS) is 30.5. The quantitative estimate of drug-likeness (QED) is 0.761. The summed E-state index contributed by atoms with van der Waals surface area (Å²) < 4.78 is 2.04. The van der Waals surface area contributed by atoms with Crippen LogP contribution >= 0.6 is 0 Å². The van der Waals surface area contributed by atoms with E-state index in [9.17, 15) is 5.11 Å². The molecule has 3 heteroatoms. The Kier molecular flexibility index (Phi) is 2.28. The van der Waals surface area contributed by atoms with Crippen molar-refractivity contribution < 1.29 is 5.11 Å². The second kappa shape index (κ2) is 3.63. The molecule has 2 aliphatic rings. The molecule has 2 aliphatic carbocycles. The zero-order valence-electron chi connectivity index (χ0n) is 9.02. The van der Waals surface area contributed by atoms with Crippen LogP contribution in [0.15, 0.2) is 6.20 Å². The fourth-order valence-electron chi connectivity index (χ4n) is 2.90. The summed E-state index contributed by atoms with van der Waals surface area (Å²) in [5.41, 5.74) is 2.68. The lowest BCUT2D eigenvalue weighted by molar-refractivity contribution is 0.0692. The molecule has 1 aromatic heterocycles. The lowest BCUT2D eigenvalue weighted by atomic mass is 9.93. The van der Waals surface area contributed by atoms with Gasteiger partial charge in [-0.25, -0.2) is 0 Å². The SMILES string of the molecule is O[C@@H]1CCCC[C@H]1n1cc2c(n1)CCC2. The first-order valence-corrected chi connectivity index (χ1v) is 6.09. The molecular formula is C12H18N2O. The summed E-state index contributed by atoms with van der Waals surface area (Å²) in [7, 11) is 0. The van der Waals surface area contributed by atoms with Crippen molar-refractivity contribution in [2.45, 2.75) is 57.1 Å². The van der Waals surface area contributed by atoms with Crippen molar-refractivity contribution >= 4 is 0 Å². The van der Waals surface area contributed by atoms with Crippen molar-refractivity contribution in [2.24, 2.45) is 0 Å². The molecule has 0 aromatic carbocycles. The van der Waals surface area contributed by atoms with Gasteiger partial charge in [-0.15, -0.1) is 0 Å². The van der Waals surface area contributed by atoms with Gasteiger partial charge in [-0.2, -0.15) is 5.10 Å². The zero-order chi connectivity index (χ0) is 10.3. The molecule has 0 unspecified atom stereocenters. The van der Waals surface area contributed by atoms with Gasteiger partial charge in [0.1, 0.15) is 0 Å². The smallest absolute Gasteiger partial charge is 0.0778 e. The van der Waals surface area contributed by atoms with Gasteiger partial charge in [0.25, 0.3) is 0 Å². The number of hydrogen-bond acceptors (Lipinski definition) is 2. The third kappa shape index (κ3) is 1.59. The number of rotatable bonds is 1. The highest BCUT2D eigenvalue weighted by Crippen LogP contribution is 2.30. The highest BCUT2D eigenvalue weighted by molar-refractivity contribution is 5.22. The molecule has 2 atom stereocenters. The first-order chi connectivity index (χ1) is 7.34. The van der Waals surface area contributed by atoms with Gasteiger partial charge in [0.15, 0.2) is 0 Å². The monoisotopic (exact) mass is 206 g/mol. The van der Waals surface area contributed by atoms with Crippen LogP contribution in [0, 0.1) is 0 Å². The summed E-state index contributed by atoms with van der Waals surface area (Å²) in [5, 5.41) is 14.6. The average molecular weight is 206 g/mol. The molecule has 1 aromatic rings. The molecule has 0 amide bonds. The largest absolute Gasteiger partial charge is 0.391 e. The molecule has 15 heavy (non-hydrogen) atoms. The third-order valence-electron chi connectivity index (χ3n) is 3.79. The van der Waals surface area contributed by atoms with Crippen molar-refractivity contribution in [3.8, 4) is 0 Å². The second-order valence-corrected chi connectivity index (χ2v) is 4.85. The molecule has 82 valence electrons. The van der Waals surface area contributed by atoms with Gasteiger partial charge in [0, 0.05) is 6.20 Å². The van der Waals surface area contributed by atoms with Gasteiger partial charge in [-0.05, 0) is 37.7 Å². The number of aliphatic hydroxyl groups excluding tert-OH is 1. The van der Waals surface area contributed by atoms with Crippen LogP contribution in [0.4, 0.5) is 0 Å². The molecule has 1 N–H and O–H groups in total. The summed E-state index contributed by atoms with van der Waals surface area (Å²) >= 11 is 0. The highest BCUT2D eigenvalue weighted by Gasteiger charge is 2.27. The van der Waals surface area contributed by atoms with Crippen molar-refractivity contribution in [1.29, 1.82) is 0 Å². The first kappa shape index (κ1) is 9.40. The zero-order valence-corrected chi connectivity index (χ0v) is 9.02. The Morgan fingerprint density at radius 2 is 2.07 bits per heavy atom. The molecule has 1 heterocycles. The van der Waals surface area contributed by atoms with Crippen LogP contribution in [0.2, 0.25) is 0 Å². The number of aryl methyl sites for hydroxylation is 2. The molecule has 3 rings (SSSR count). The van der Waals surface area contributed by atoms with Crippen molar-refractivity contribution in [3.05, 3.63) is 17.5 Å². The van der Waals surface area contributed by atoms with Gasteiger partial charge in [-0.3, -0.25) is 4.68 Å². The van der Waals surface area contributed by atoms with Crippen molar-refractivity contribution in [2.75, 3.05) is 0 Å².